The Balaban J connectivity index is 1.65. The van der Waals surface area contributed by atoms with Crippen molar-refractivity contribution in [2.45, 2.75) is 30.5 Å². The zero-order valence-electron chi connectivity index (χ0n) is 14.4. The average Bonchev–Trinajstić information content (AvgIpc) is 2.67. The minimum atomic E-state index is -2.88. The zero-order chi connectivity index (χ0) is 18.8. The van der Waals surface area contributed by atoms with Crippen molar-refractivity contribution in [1.29, 1.82) is 0 Å². The normalized spacial score (nSPS) is 16.5. The van der Waals surface area contributed by atoms with E-state index in [0.717, 1.165) is 28.5 Å². The molecule has 1 N–H and O–H groups in total. The van der Waals surface area contributed by atoms with Gasteiger partial charge in [-0.2, -0.15) is 8.78 Å². The summed E-state index contributed by atoms with van der Waals surface area (Å²) in [4.78, 5) is 0.670. The van der Waals surface area contributed by atoms with E-state index in [2.05, 4.69) is 5.32 Å². The molecule has 1 aliphatic heterocycles. The molecule has 0 saturated heterocycles. The Hall–Kier alpha value is -2.18. The number of hydrogen-bond donors (Lipinski definition) is 1. The summed E-state index contributed by atoms with van der Waals surface area (Å²) in [6, 6.07) is 16.0. The van der Waals surface area contributed by atoms with Crippen molar-refractivity contribution in [3.8, 4) is 5.75 Å². The molecule has 0 aliphatic carbocycles. The van der Waals surface area contributed by atoms with E-state index < -0.39 is 6.61 Å². The lowest BCUT2D eigenvalue weighted by Gasteiger charge is -2.27. The Labute approximate surface area is 159 Å². The fourth-order valence-electron chi connectivity index (χ4n) is 3.53. The predicted molar refractivity (Wildman–Crippen MR) is 102 cm³/mol. The van der Waals surface area contributed by atoms with E-state index in [4.69, 9.17) is 4.74 Å². The maximum Gasteiger partial charge on any atom is 0.387 e. The molecule has 1 heterocycles. The van der Waals surface area contributed by atoms with E-state index in [-0.39, 0.29) is 17.6 Å². The van der Waals surface area contributed by atoms with Gasteiger partial charge >= 0.3 is 6.61 Å². The molecule has 0 bridgehead atoms. The van der Waals surface area contributed by atoms with E-state index in [1.165, 1.54) is 17.8 Å². The number of hydrogen-bond acceptors (Lipinski definition) is 3. The van der Waals surface area contributed by atoms with Crippen LogP contribution >= 0.6 is 11.8 Å². The maximum absolute atomic E-state index is 14.1. The van der Waals surface area contributed by atoms with Crippen molar-refractivity contribution < 1.29 is 17.9 Å². The smallest absolute Gasteiger partial charge is 0.387 e. The van der Waals surface area contributed by atoms with Crippen LogP contribution in [0.1, 0.15) is 23.6 Å². The van der Waals surface area contributed by atoms with Gasteiger partial charge in [-0.1, -0.05) is 42.5 Å². The van der Waals surface area contributed by atoms with E-state index in [1.54, 1.807) is 18.2 Å². The van der Waals surface area contributed by atoms with Gasteiger partial charge < -0.3 is 10.1 Å². The quantitative estimate of drug-likeness (QED) is 0.586. The first kappa shape index (κ1) is 18.2. The minimum absolute atomic E-state index is 0.0321. The SMILES string of the molecule is Fc1cccc2c1SCC[C@H]2NCc1c(OC(F)F)ccc2ccccc12. The first-order valence-corrected chi connectivity index (χ1v) is 9.72. The van der Waals surface area contributed by atoms with Crippen LogP contribution in [0.25, 0.3) is 10.8 Å². The van der Waals surface area contributed by atoms with E-state index in [9.17, 15) is 13.2 Å². The number of ether oxygens (including phenoxy) is 1. The minimum Gasteiger partial charge on any atom is -0.434 e. The number of rotatable bonds is 5. The third kappa shape index (κ3) is 3.77. The molecule has 1 aliphatic rings. The number of benzene rings is 3. The summed E-state index contributed by atoms with van der Waals surface area (Å²) in [5.74, 6) is 0.762. The van der Waals surface area contributed by atoms with Gasteiger partial charge in [-0.15, -0.1) is 11.8 Å². The van der Waals surface area contributed by atoms with Gasteiger partial charge in [0.2, 0.25) is 0 Å². The molecule has 1 atom stereocenters. The van der Waals surface area contributed by atoms with Gasteiger partial charge in [0.25, 0.3) is 0 Å². The second kappa shape index (κ2) is 7.82. The molecule has 0 spiro atoms. The fourth-order valence-corrected chi connectivity index (χ4v) is 4.67. The van der Waals surface area contributed by atoms with Crippen LogP contribution in [0, 0.1) is 5.82 Å². The van der Waals surface area contributed by atoms with Gasteiger partial charge in [0.15, 0.2) is 0 Å². The lowest BCUT2D eigenvalue weighted by Crippen LogP contribution is -2.25. The molecule has 0 saturated carbocycles. The van der Waals surface area contributed by atoms with Crippen molar-refractivity contribution >= 4 is 22.5 Å². The standard InChI is InChI=1S/C21H18F3NOS/c22-17-7-3-6-15-18(10-11-27-20(15)17)25-12-16-14-5-2-1-4-13(14)8-9-19(16)26-21(23)24/h1-9,18,21,25H,10-12H2/t18-/m1/s1. The third-order valence-corrected chi connectivity index (χ3v) is 5.92. The van der Waals surface area contributed by atoms with Gasteiger partial charge in [-0.25, -0.2) is 4.39 Å². The monoisotopic (exact) mass is 389 g/mol. The Bertz CT molecular complexity index is 963. The summed E-state index contributed by atoms with van der Waals surface area (Å²) < 4.78 is 44.5. The summed E-state index contributed by atoms with van der Waals surface area (Å²) in [6.07, 6.45) is 0.844. The number of nitrogens with one attached hydrogen (secondary N) is 1. The summed E-state index contributed by atoms with van der Waals surface area (Å²) in [5, 5.41) is 5.25. The van der Waals surface area contributed by atoms with Gasteiger partial charge in [-0.05, 0) is 40.6 Å². The Morgan fingerprint density at radius 2 is 1.93 bits per heavy atom. The van der Waals surface area contributed by atoms with Crippen molar-refractivity contribution in [2.75, 3.05) is 5.75 Å². The van der Waals surface area contributed by atoms with Gasteiger partial charge in [0, 0.05) is 23.0 Å². The van der Waals surface area contributed by atoms with Crippen LogP contribution in [0.3, 0.4) is 0 Å². The molecule has 140 valence electrons. The molecule has 3 aromatic carbocycles. The highest BCUT2D eigenvalue weighted by molar-refractivity contribution is 7.99. The summed E-state index contributed by atoms with van der Waals surface area (Å²) in [5.41, 5.74) is 1.60. The molecular formula is C21H18F3NOS. The summed E-state index contributed by atoms with van der Waals surface area (Å²) >= 11 is 1.52. The number of halogens is 3. The highest BCUT2D eigenvalue weighted by atomic mass is 32.2. The number of thioether (sulfide) groups is 1. The van der Waals surface area contributed by atoms with E-state index in [1.807, 2.05) is 30.3 Å². The molecule has 4 rings (SSSR count). The van der Waals surface area contributed by atoms with Crippen LogP contribution in [0.2, 0.25) is 0 Å². The lowest BCUT2D eigenvalue weighted by molar-refractivity contribution is -0.0504. The zero-order valence-corrected chi connectivity index (χ0v) is 15.2. The van der Waals surface area contributed by atoms with Gasteiger partial charge in [0.05, 0.1) is 0 Å². The molecule has 2 nitrogen and oxygen atoms in total. The maximum atomic E-state index is 14.1. The Morgan fingerprint density at radius 1 is 1.07 bits per heavy atom. The second-order valence-electron chi connectivity index (χ2n) is 6.37. The Kier molecular flexibility index (Phi) is 5.27. The first-order chi connectivity index (χ1) is 13.1. The highest BCUT2D eigenvalue weighted by Gasteiger charge is 2.23. The summed E-state index contributed by atoms with van der Waals surface area (Å²) in [6.45, 7) is -2.53. The third-order valence-electron chi connectivity index (χ3n) is 4.76. The fraction of sp³-hybridized carbons (Fsp3) is 0.238. The van der Waals surface area contributed by atoms with Crippen molar-refractivity contribution in [2.24, 2.45) is 0 Å². The van der Waals surface area contributed by atoms with Crippen molar-refractivity contribution in [1.82, 2.24) is 5.32 Å². The molecule has 0 unspecified atom stereocenters. The average molecular weight is 389 g/mol. The van der Waals surface area contributed by atoms with Crippen LogP contribution in [-0.2, 0) is 6.54 Å². The molecular weight excluding hydrogens is 371 g/mol. The van der Waals surface area contributed by atoms with Crippen molar-refractivity contribution in [3.05, 3.63) is 71.5 Å². The topological polar surface area (TPSA) is 21.3 Å². The Morgan fingerprint density at radius 3 is 2.78 bits per heavy atom. The molecule has 0 fully saturated rings. The first-order valence-electron chi connectivity index (χ1n) is 8.73. The number of fused-ring (bicyclic) bond motifs is 2. The van der Waals surface area contributed by atoms with Gasteiger partial charge in [0.1, 0.15) is 11.6 Å². The van der Waals surface area contributed by atoms with Crippen molar-refractivity contribution in [3.63, 3.8) is 0 Å². The van der Waals surface area contributed by atoms with E-state index in [0.29, 0.717) is 17.0 Å². The van der Waals surface area contributed by atoms with Crippen LogP contribution in [0.15, 0.2) is 59.5 Å². The second-order valence-corrected chi connectivity index (χ2v) is 7.48. The predicted octanol–water partition coefficient (Wildman–Crippen LogP) is 5.91. The van der Waals surface area contributed by atoms with Crippen LogP contribution in [0.5, 0.6) is 5.75 Å². The van der Waals surface area contributed by atoms with Crippen LogP contribution in [0.4, 0.5) is 13.2 Å². The molecule has 27 heavy (non-hydrogen) atoms. The van der Waals surface area contributed by atoms with Gasteiger partial charge in [-0.3, -0.25) is 0 Å². The van der Waals surface area contributed by atoms with E-state index >= 15 is 0 Å². The molecule has 0 aromatic heterocycles. The largest absolute Gasteiger partial charge is 0.434 e. The van der Waals surface area contributed by atoms with Crippen LogP contribution < -0.4 is 10.1 Å². The molecule has 3 aromatic rings. The molecule has 0 radical (unpaired) electrons. The highest BCUT2D eigenvalue weighted by Crippen LogP contribution is 2.38. The molecule has 0 amide bonds. The molecule has 6 heteroatoms. The van der Waals surface area contributed by atoms with Crippen LogP contribution in [-0.4, -0.2) is 12.4 Å². The summed E-state index contributed by atoms with van der Waals surface area (Å²) in [7, 11) is 0. The lowest BCUT2D eigenvalue weighted by atomic mass is 10.0. The number of alkyl halides is 2.